The fourth-order valence-electron chi connectivity index (χ4n) is 14.6. The van der Waals surface area contributed by atoms with E-state index in [-0.39, 0.29) is 109 Å². The van der Waals surface area contributed by atoms with Gasteiger partial charge >= 0.3 is 61.0 Å². The number of alkyl carbamates (subject to hydrolysis) is 2. The number of benzene rings is 2. The Hall–Kier alpha value is -8.95. The quantitative estimate of drug-likeness (QED) is 0.0356. The molecule has 4 fully saturated rings. The molecule has 4 aliphatic rings. The van der Waals surface area contributed by atoms with Crippen molar-refractivity contribution in [1.29, 1.82) is 5.26 Å². The van der Waals surface area contributed by atoms with E-state index in [2.05, 4.69) is 201 Å². The Morgan fingerprint density at radius 3 is 0.864 bits per heavy atom. The van der Waals surface area contributed by atoms with Gasteiger partial charge in [0.05, 0.1) is 44.1 Å². The zero-order chi connectivity index (χ0) is 108. The number of nitrogens with one attached hydrogen (secondary N) is 3. The van der Waals surface area contributed by atoms with Gasteiger partial charge in [-0.05, 0) is 91.7 Å². The summed E-state index contributed by atoms with van der Waals surface area (Å²) in [6, 6.07) is 20.8. The van der Waals surface area contributed by atoms with Crippen molar-refractivity contribution < 1.29 is 111 Å². The Morgan fingerprint density at radius 1 is 0.393 bits per heavy atom. The van der Waals surface area contributed by atoms with E-state index >= 15 is 0 Å². The Balaban J connectivity index is -0.000000565. The third-order valence-electron chi connectivity index (χ3n) is 19.7. The van der Waals surface area contributed by atoms with Gasteiger partial charge in [-0.2, -0.15) is 62.8 Å². The molecule has 0 aliphatic carbocycles. The highest BCUT2D eigenvalue weighted by molar-refractivity contribution is 5.72. The molecule has 0 spiro atoms. The SMILES string of the molecule is CC#N.CC(C)(C)CN1CCN(CC(=O)OC(C)(C)C)CCN(CC(O)CN)CCN(CC(C)(C)C)CC1.CC(C)(C)CN1CCN(CC(=O)OC(C)(C)C)CCN(CC(O)CNC(=O)OCc2ccccc2)CCN(CC(C)(C)C)CC1.CCN1CCNCCN(CC(C)(C)C)CCN(CC(C)(C)C)CC1.O=C(NCC1CO1)OCc1ccccc1.O=C=O.O=C=O.O=C=O.O=C=O.O=C=O.O=C=O. The molecule has 0 aromatic heterocycles. The van der Waals surface area contributed by atoms with Crippen molar-refractivity contribution in [2.45, 2.75) is 223 Å². The predicted molar refractivity (Wildman–Crippen MR) is 529 cm³/mol. The van der Waals surface area contributed by atoms with E-state index in [9.17, 15) is 29.4 Å². The van der Waals surface area contributed by atoms with Crippen LogP contribution in [0, 0.1) is 43.8 Å². The highest BCUT2D eigenvalue weighted by atomic mass is 16.6. The maximum absolute atomic E-state index is 12.9. The number of hydrogen-bond donors (Lipinski definition) is 6. The van der Waals surface area contributed by atoms with Crippen molar-refractivity contribution >= 4 is 61.0 Å². The molecule has 7 N–H and O–H groups in total. The second kappa shape index (κ2) is 79.5. The van der Waals surface area contributed by atoms with Crippen molar-refractivity contribution in [2.75, 3.05) is 255 Å². The average Bonchev–Trinajstić information content (AvgIpc) is 1.18. The van der Waals surface area contributed by atoms with E-state index in [1.54, 1.807) is 6.07 Å². The lowest BCUT2D eigenvalue weighted by atomic mass is 9.95. The Morgan fingerprint density at radius 2 is 0.621 bits per heavy atom. The van der Waals surface area contributed by atoms with E-state index in [1.165, 1.54) is 52.7 Å². The van der Waals surface area contributed by atoms with Crippen LogP contribution in [-0.4, -0.2) is 410 Å². The third-order valence-corrected chi connectivity index (χ3v) is 19.7. The van der Waals surface area contributed by atoms with Gasteiger partial charge in [0.1, 0.15) is 24.4 Å². The highest BCUT2D eigenvalue weighted by Crippen LogP contribution is 2.23. The van der Waals surface area contributed by atoms with Crippen LogP contribution in [0.5, 0.6) is 0 Å². The number of carbonyl (C=O) groups excluding carboxylic acids is 16. The number of aliphatic hydroxyl groups excluding tert-OH is 2. The van der Waals surface area contributed by atoms with E-state index in [0.717, 1.165) is 162 Å². The van der Waals surface area contributed by atoms with Crippen molar-refractivity contribution in [3.63, 3.8) is 0 Å². The van der Waals surface area contributed by atoms with Crippen molar-refractivity contribution in [3.05, 3.63) is 71.8 Å². The Bertz CT molecular complexity index is 3680. The minimum absolute atomic E-state index is 0.0964. The molecule has 0 radical (unpaired) electrons. The number of likely N-dealkylation sites (N-methyl/N-ethyl adjacent to an activating group) is 1. The molecule has 6 rings (SSSR count). The number of nitrogens with zero attached hydrogens (tertiary/aromatic N) is 12. The first kappa shape index (κ1) is 139. The number of nitrogens with two attached hydrogens (primary N) is 1. The molecule has 4 aliphatic heterocycles. The minimum Gasteiger partial charge on any atom is -0.459 e. The first-order valence-corrected chi connectivity index (χ1v) is 48.1. The molecule has 4 heterocycles. The molecule has 2 aromatic carbocycles. The third kappa shape index (κ3) is 96.5. The lowest BCUT2D eigenvalue weighted by molar-refractivity contribution is -0.193. The van der Waals surface area contributed by atoms with Crippen molar-refractivity contribution in [3.8, 4) is 6.07 Å². The van der Waals surface area contributed by atoms with E-state index < -0.39 is 35.6 Å². The normalized spacial score (nSPS) is 17.3. The van der Waals surface area contributed by atoms with Crippen molar-refractivity contribution in [1.82, 2.24) is 69.8 Å². The maximum Gasteiger partial charge on any atom is 0.407 e. The van der Waals surface area contributed by atoms with E-state index in [4.69, 9.17) is 92.2 Å². The molecule has 140 heavy (non-hydrogen) atoms. The molecule has 0 saturated carbocycles. The molecule has 2 aromatic rings. The van der Waals surface area contributed by atoms with Crippen LogP contribution in [0.3, 0.4) is 0 Å². The number of esters is 2. The highest BCUT2D eigenvalue weighted by Gasteiger charge is 2.31. The summed E-state index contributed by atoms with van der Waals surface area (Å²) in [6.07, 6.45) is -0.560. The Kier molecular flexibility index (Phi) is 79.2. The van der Waals surface area contributed by atoms with Gasteiger partial charge in [-0.15, -0.1) is 0 Å². The van der Waals surface area contributed by atoms with Gasteiger partial charge in [-0.3, -0.25) is 29.2 Å². The van der Waals surface area contributed by atoms with Crippen LogP contribution >= 0.6 is 0 Å². The summed E-state index contributed by atoms with van der Waals surface area (Å²) in [5.41, 5.74) is 8.06. The summed E-state index contributed by atoms with van der Waals surface area (Å²) < 4.78 is 26.5. The van der Waals surface area contributed by atoms with E-state index in [1.807, 2.05) is 102 Å². The lowest BCUT2D eigenvalue weighted by Crippen LogP contribution is -2.50. The second-order valence-corrected chi connectivity index (χ2v) is 43.6. The van der Waals surface area contributed by atoms with Crippen molar-refractivity contribution in [2.24, 2.45) is 38.2 Å². The van der Waals surface area contributed by atoms with E-state index in [0.29, 0.717) is 50.2 Å². The van der Waals surface area contributed by atoms with Crippen LogP contribution < -0.4 is 21.7 Å². The number of amides is 2. The fourth-order valence-corrected chi connectivity index (χ4v) is 14.6. The number of ether oxygens (including phenoxy) is 5. The number of carbonyl (C=O) groups is 4. The zero-order valence-electron chi connectivity index (χ0n) is 89.9. The van der Waals surface area contributed by atoms with Gasteiger partial charge in [-0.1, -0.05) is 192 Å². The summed E-state index contributed by atoms with van der Waals surface area (Å²) in [5.74, 6) is -0.407. The second-order valence-electron chi connectivity index (χ2n) is 43.6. The molecule has 39 heteroatoms. The Labute approximate surface area is 836 Å². The lowest BCUT2D eigenvalue weighted by Gasteiger charge is -2.38. The maximum atomic E-state index is 12.9. The fraction of sp³-hybridized carbons (Fsp3) is 0.772. The number of β-amino-alcohol motifs (C(OH)–C–C–N with tert-alkyl or cyclic N) is 2. The summed E-state index contributed by atoms with van der Waals surface area (Å²) in [4.78, 5) is 173. The molecule has 39 nitrogen and oxygen atoms in total. The van der Waals surface area contributed by atoms with Gasteiger partial charge in [0.15, 0.2) is 0 Å². The van der Waals surface area contributed by atoms with Crippen LogP contribution in [0.15, 0.2) is 60.7 Å². The molecule has 2 amide bonds. The number of hydrogen-bond acceptors (Lipinski definition) is 37. The van der Waals surface area contributed by atoms with Crippen LogP contribution in [0.1, 0.15) is 191 Å². The topological polar surface area (TPSA) is 485 Å². The monoisotopic (exact) mass is 1990 g/mol. The standard InChI is InChI=1S/C35H63N5O5.C27H57N5O3.C20H44N4.C11H13NO3.C2H3N.6CO2/c1-33(2,3)27-39-19-17-37(24-30(41)23-36-32(43)44-26-29-13-11-10-12-14-29)15-16-38(25-31(42)45-35(7,8)9)18-20-40(22-21-39)28-34(4,5)6;1-25(2,3)21-31-14-12-29(19-23(33)18-28)10-11-30(20-24(34)35-27(7,8)9)13-15-32(17-16-31)22-26(4,5)6;1-8-22-11-9-21-10-12-23(17-19(2,3)4)15-16-24(14-13-22)18-20(5,6)7;13-11(12-6-10-8-14-10)15-7-9-4-2-1-3-5-9;1-2-3;6*2-1-3/h10-14,30,41H,15-28H2,1-9H3,(H,36,43);23,33H,10-22,28H2,1-9H3;21H,8-18H2,1-7H3;1-5,10H,6-8H2,(H,12,13);1H3;;;;;;. The van der Waals surface area contributed by atoms with Crippen LogP contribution in [0.4, 0.5) is 9.59 Å². The molecule has 3 unspecified atom stereocenters. The molecule has 802 valence electrons. The number of nitriles is 1. The smallest absolute Gasteiger partial charge is 0.407 e. The molecule has 4 saturated heterocycles. The average molecular weight is 1990 g/mol. The van der Waals surface area contributed by atoms with Crippen LogP contribution in [0.2, 0.25) is 0 Å². The molecular formula is C101H180N16O23. The number of rotatable bonds is 24. The minimum atomic E-state index is -0.764. The van der Waals surface area contributed by atoms with Gasteiger partial charge in [0, 0.05) is 236 Å². The summed E-state index contributed by atoms with van der Waals surface area (Å²) in [5, 5.41) is 37.5. The van der Waals surface area contributed by atoms with Gasteiger partial charge < -0.3 is 89.9 Å². The first-order chi connectivity index (χ1) is 65.2. The van der Waals surface area contributed by atoms with Gasteiger partial charge in [0.25, 0.3) is 0 Å². The number of epoxide rings is 1. The summed E-state index contributed by atoms with van der Waals surface area (Å²) in [6.45, 7) is 90.6. The number of aliphatic hydroxyl groups is 2. The zero-order valence-corrected chi connectivity index (χ0v) is 89.9. The summed E-state index contributed by atoms with van der Waals surface area (Å²) >= 11 is 0. The predicted octanol–water partition coefficient (Wildman–Crippen LogP) is 6.84. The molecule has 0 bridgehead atoms. The molecular weight excluding hydrogens is 1810 g/mol. The van der Waals surface area contributed by atoms with Crippen LogP contribution in [-0.2, 0) is 104 Å². The van der Waals surface area contributed by atoms with Gasteiger partial charge in [-0.25, -0.2) is 9.59 Å². The van der Waals surface area contributed by atoms with Gasteiger partial charge in [0.2, 0.25) is 0 Å². The molecule has 3 atom stereocenters. The summed E-state index contributed by atoms with van der Waals surface area (Å²) in [7, 11) is 0. The van der Waals surface area contributed by atoms with Crippen LogP contribution in [0.25, 0.3) is 0 Å². The first-order valence-electron chi connectivity index (χ1n) is 48.1. The largest absolute Gasteiger partial charge is 0.459 e.